The third-order valence-corrected chi connectivity index (χ3v) is 5.27. The van der Waals surface area contributed by atoms with Gasteiger partial charge in [0.1, 0.15) is 0 Å². The van der Waals surface area contributed by atoms with Crippen LogP contribution in [-0.4, -0.2) is 0 Å². The van der Waals surface area contributed by atoms with Crippen LogP contribution in [0, 0.1) is 0 Å². The molecule has 0 atom stereocenters. The van der Waals surface area contributed by atoms with E-state index in [0.717, 1.165) is 0 Å². The van der Waals surface area contributed by atoms with Gasteiger partial charge in [-0.3, -0.25) is 0 Å². The Balaban J connectivity index is 1.85. The minimum atomic E-state index is 0.667. The van der Waals surface area contributed by atoms with Gasteiger partial charge in [0.15, 0.2) is 0 Å². The molecule has 4 aromatic carbocycles. The molecular weight excluding hydrogens is 328 g/mol. The Hall–Kier alpha value is -3.16. The molecule has 1 heteroatoms. The number of ether oxygens (including phenoxy) is 1. The molecule has 5 rings (SSSR count). The van der Waals surface area contributed by atoms with E-state index in [0.29, 0.717) is 13.2 Å². The molecule has 1 heterocycles. The zero-order valence-corrected chi connectivity index (χ0v) is 15.1. The molecule has 0 unspecified atom stereocenters. The van der Waals surface area contributed by atoms with Crippen molar-refractivity contribution < 1.29 is 4.74 Å². The monoisotopic (exact) mass is 348 g/mol. The molecule has 27 heavy (non-hydrogen) atoms. The molecule has 4 aromatic rings. The Kier molecular flexibility index (Phi) is 4.08. The Labute approximate surface area is 159 Å². The van der Waals surface area contributed by atoms with Gasteiger partial charge >= 0.3 is 0 Å². The SMILES string of the molecule is c1ccc(-c2cc(-c3ccccc3)c(-c3ccccc3)c3c2COC3)cc1. The van der Waals surface area contributed by atoms with Gasteiger partial charge in [0.25, 0.3) is 0 Å². The molecule has 0 N–H and O–H groups in total. The topological polar surface area (TPSA) is 9.23 Å². The van der Waals surface area contributed by atoms with Gasteiger partial charge in [0.05, 0.1) is 13.2 Å². The molecule has 0 fully saturated rings. The Morgan fingerprint density at radius 1 is 0.481 bits per heavy atom. The summed E-state index contributed by atoms with van der Waals surface area (Å²) in [5.74, 6) is 0. The van der Waals surface area contributed by atoms with Crippen molar-refractivity contribution in [2.75, 3.05) is 0 Å². The molecule has 0 saturated carbocycles. The second-order valence-electron chi connectivity index (χ2n) is 6.89. The lowest BCUT2D eigenvalue weighted by atomic mass is 9.84. The Bertz CT molecular complexity index is 1070. The van der Waals surface area contributed by atoms with Crippen LogP contribution >= 0.6 is 0 Å². The van der Waals surface area contributed by atoms with Crippen molar-refractivity contribution >= 4 is 0 Å². The van der Waals surface area contributed by atoms with E-state index < -0.39 is 0 Å². The van der Waals surface area contributed by atoms with Gasteiger partial charge in [0, 0.05) is 0 Å². The highest BCUT2D eigenvalue weighted by Crippen LogP contribution is 2.44. The number of hydrogen-bond acceptors (Lipinski definition) is 1. The molecule has 1 nitrogen and oxygen atoms in total. The minimum Gasteiger partial charge on any atom is -0.372 e. The summed E-state index contributed by atoms with van der Waals surface area (Å²) < 4.78 is 5.93. The van der Waals surface area contributed by atoms with Crippen molar-refractivity contribution in [3.8, 4) is 33.4 Å². The maximum atomic E-state index is 5.93. The quantitative estimate of drug-likeness (QED) is 0.399. The van der Waals surface area contributed by atoms with Crippen LogP contribution in [0.1, 0.15) is 11.1 Å². The van der Waals surface area contributed by atoms with E-state index in [1.165, 1.54) is 44.5 Å². The maximum Gasteiger partial charge on any atom is 0.0731 e. The second-order valence-corrected chi connectivity index (χ2v) is 6.89. The number of fused-ring (bicyclic) bond motifs is 1. The Morgan fingerprint density at radius 3 is 1.56 bits per heavy atom. The third-order valence-electron chi connectivity index (χ3n) is 5.27. The lowest BCUT2D eigenvalue weighted by Crippen LogP contribution is -1.97. The lowest BCUT2D eigenvalue weighted by Gasteiger charge is -2.18. The number of hydrogen-bond donors (Lipinski definition) is 0. The van der Waals surface area contributed by atoms with E-state index in [2.05, 4.69) is 97.1 Å². The molecule has 1 aliphatic heterocycles. The van der Waals surface area contributed by atoms with Crippen LogP contribution < -0.4 is 0 Å². The summed E-state index contributed by atoms with van der Waals surface area (Å²) in [6, 6.07) is 34.3. The van der Waals surface area contributed by atoms with Crippen LogP contribution in [0.5, 0.6) is 0 Å². The van der Waals surface area contributed by atoms with Crippen molar-refractivity contribution in [2.24, 2.45) is 0 Å². The first-order chi connectivity index (χ1) is 13.4. The van der Waals surface area contributed by atoms with Crippen molar-refractivity contribution in [1.82, 2.24) is 0 Å². The van der Waals surface area contributed by atoms with Crippen LogP contribution in [0.25, 0.3) is 33.4 Å². The van der Waals surface area contributed by atoms with E-state index in [4.69, 9.17) is 4.74 Å². The summed E-state index contributed by atoms with van der Waals surface area (Å²) in [4.78, 5) is 0. The van der Waals surface area contributed by atoms with Crippen molar-refractivity contribution in [3.05, 3.63) is 108 Å². The molecule has 0 aromatic heterocycles. The van der Waals surface area contributed by atoms with Gasteiger partial charge in [0.2, 0.25) is 0 Å². The van der Waals surface area contributed by atoms with Gasteiger partial charge in [-0.05, 0) is 50.6 Å². The van der Waals surface area contributed by atoms with Crippen LogP contribution in [-0.2, 0) is 18.0 Å². The molecule has 0 radical (unpaired) electrons. The number of benzene rings is 4. The van der Waals surface area contributed by atoms with Gasteiger partial charge in [-0.2, -0.15) is 0 Å². The predicted octanol–water partition coefficient (Wildman–Crippen LogP) is 6.72. The fourth-order valence-corrected chi connectivity index (χ4v) is 4.01. The standard InChI is InChI=1S/C26H20O/c1-4-10-19(11-5-1)22-16-23(20-12-6-2-7-13-20)26(21-14-8-3-9-15-21)25-18-27-17-24(22)25/h1-16H,17-18H2. The number of rotatable bonds is 3. The smallest absolute Gasteiger partial charge is 0.0731 e. The van der Waals surface area contributed by atoms with Crippen molar-refractivity contribution in [3.63, 3.8) is 0 Å². The molecule has 0 amide bonds. The van der Waals surface area contributed by atoms with Crippen LogP contribution in [0.2, 0.25) is 0 Å². The van der Waals surface area contributed by atoms with Crippen LogP contribution in [0.3, 0.4) is 0 Å². The van der Waals surface area contributed by atoms with Gasteiger partial charge in [-0.25, -0.2) is 0 Å². The average molecular weight is 348 g/mol. The lowest BCUT2D eigenvalue weighted by molar-refractivity contribution is 0.135. The first-order valence-corrected chi connectivity index (χ1v) is 9.34. The fraction of sp³-hybridized carbons (Fsp3) is 0.0769. The normalized spacial score (nSPS) is 12.7. The summed E-state index contributed by atoms with van der Waals surface area (Å²) in [7, 11) is 0. The molecule has 0 spiro atoms. The van der Waals surface area contributed by atoms with Gasteiger partial charge in [-0.15, -0.1) is 0 Å². The fourth-order valence-electron chi connectivity index (χ4n) is 4.01. The van der Waals surface area contributed by atoms with Crippen LogP contribution in [0.15, 0.2) is 97.1 Å². The van der Waals surface area contributed by atoms with E-state index in [-0.39, 0.29) is 0 Å². The first-order valence-electron chi connectivity index (χ1n) is 9.34. The molecule has 0 bridgehead atoms. The van der Waals surface area contributed by atoms with Crippen LogP contribution in [0.4, 0.5) is 0 Å². The molecular formula is C26H20O. The highest BCUT2D eigenvalue weighted by atomic mass is 16.5. The molecule has 130 valence electrons. The maximum absolute atomic E-state index is 5.93. The molecule has 0 saturated heterocycles. The van der Waals surface area contributed by atoms with Gasteiger partial charge < -0.3 is 4.74 Å². The van der Waals surface area contributed by atoms with Crippen molar-refractivity contribution in [1.29, 1.82) is 0 Å². The van der Waals surface area contributed by atoms with E-state index in [1.54, 1.807) is 0 Å². The summed E-state index contributed by atoms with van der Waals surface area (Å²) in [6.07, 6.45) is 0. The summed E-state index contributed by atoms with van der Waals surface area (Å²) >= 11 is 0. The predicted molar refractivity (Wildman–Crippen MR) is 111 cm³/mol. The highest BCUT2D eigenvalue weighted by molar-refractivity contribution is 5.91. The second kappa shape index (κ2) is 6.86. The Morgan fingerprint density at radius 2 is 0.963 bits per heavy atom. The van der Waals surface area contributed by atoms with E-state index >= 15 is 0 Å². The molecule has 1 aliphatic rings. The van der Waals surface area contributed by atoms with E-state index in [9.17, 15) is 0 Å². The largest absolute Gasteiger partial charge is 0.372 e. The first kappa shape index (κ1) is 16.0. The zero-order valence-electron chi connectivity index (χ0n) is 15.1. The summed E-state index contributed by atoms with van der Waals surface area (Å²) in [5.41, 5.74) is 10.2. The molecule has 0 aliphatic carbocycles. The average Bonchev–Trinajstić information content (AvgIpc) is 3.24. The van der Waals surface area contributed by atoms with Gasteiger partial charge in [-0.1, -0.05) is 91.0 Å². The zero-order chi connectivity index (χ0) is 18.1. The summed E-state index contributed by atoms with van der Waals surface area (Å²) in [5, 5.41) is 0. The highest BCUT2D eigenvalue weighted by Gasteiger charge is 2.24. The summed E-state index contributed by atoms with van der Waals surface area (Å²) in [6.45, 7) is 1.34. The third kappa shape index (κ3) is 2.87. The van der Waals surface area contributed by atoms with E-state index in [1.807, 2.05) is 0 Å². The van der Waals surface area contributed by atoms with Crippen molar-refractivity contribution in [2.45, 2.75) is 13.2 Å². The minimum absolute atomic E-state index is 0.667.